The number of nitrogen functional groups attached to an aromatic ring is 1. The van der Waals surface area contributed by atoms with Gasteiger partial charge in [-0.3, -0.25) is 0 Å². The molecular formula is C11H6Cl2F3N3. The summed E-state index contributed by atoms with van der Waals surface area (Å²) in [5.74, 6) is -0.147. The Hall–Kier alpha value is -1.53. The molecule has 1 aromatic heterocycles. The topological polar surface area (TPSA) is 51.8 Å². The van der Waals surface area contributed by atoms with Crippen molar-refractivity contribution in [3.63, 3.8) is 0 Å². The fourth-order valence-electron chi connectivity index (χ4n) is 1.51. The van der Waals surface area contributed by atoms with E-state index in [0.29, 0.717) is 0 Å². The van der Waals surface area contributed by atoms with Crippen LogP contribution < -0.4 is 5.73 Å². The molecule has 8 heteroatoms. The minimum absolute atomic E-state index is 0.100. The van der Waals surface area contributed by atoms with Gasteiger partial charge in [-0.05, 0) is 17.7 Å². The monoisotopic (exact) mass is 307 g/mol. The number of anilines is 1. The normalized spacial score (nSPS) is 11.6. The minimum atomic E-state index is -4.45. The summed E-state index contributed by atoms with van der Waals surface area (Å²) in [6, 6.07) is 4.55. The third kappa shape index (κ3) is 2.90. The summed E-state index contributed by atoms with van der Waals surface area (Å²) in [4.78, 5) is 7.34. The fraction of sp³-hybridized carbons (Fsp3) is 0.0909. The second kappa shape index (κ2) is 4.86. The lowest BCUT2D eigenvalue weighted by Crippen LogP contribution is -2.05. The predicted octanol–water partition coefficient (Wildman–Crippen LogP) is 4.05. The van der Waals surface area contributed by atoms with Crippen LogP contribution in [0.1, 0.15) is 5.56 Å². The first-order valence-corrected chi connectivity index (χ1v) is 5.71. The Kier molecular flexibility index (Phi) is 3.56. The molecule has 0 amide bonds. The van der Waals surface area contributed by atoms with Crippen LogP contribution in [0, 0.1) is 0 Å². The van der Waals surface area contributed by atoms with E-state index < -0.39 is 11.7 Å². The molecule has 0 aliphatic heterocycles. The van der Waals surface area contributed by atoms with E-state index in [2.05, 4.69) is 9.97 Å². The number of hydrogen-bond acceptors (Lipinski definition) is 3. The molecule has 0 fully saturated rings. The Balaban J connectivity index is 2.60. The van der Waals surface area contributed by atoms with Gasteiger partial charge in [0.15, 0.2) is 0 Å². The van der Waals surface area contributed by atoms with Crippen LogP contribution in [0.15, 0.2) is 24.3 Å². The van der Waals surface area contributed by atoms with Crippen LogP contribution >= 0.6 is 23.2 Å². The van der Waals surface area contributed by atoms with Crippen molar-refractivity contribution >= 4 is 29.2 Å². The van der Waals surface area contributed by atoms with Crippen molar-refractivity contribution in [1.29, 1.82) is 0 Å². The van der Waals surface area contributed by atoms with Gasteiger partial charge in [0.2, 0.25) is 5.95 Å². The lowest BCUT2D eigenvalue weighted by molar-refractivity contribution is -0.137. The van der Waals surface area contributed by atoms with Crippen LogP contribution in [-0.2, 0) is 6.18 Å². The third-order valence-electron chi connectivity index (χ3n) is 2.32. The SMILES string of the molecule is Nc1nc(Cl)c(-c2cccc(C(F)(F)F)c2)c(Cl)n1. The first kappa shape index (κ1) is 13.9. The standard InChI is InChI=1S/C11H6Cl2F3N3/c12-8-7(9(13)19-10(17)18-8)5-2-1-3-6(4-5)11(14,15)16/h1-4H,(H2,17,18,19). The molecule has 100 valence electrons. The summed E-state index contributed by atoms with van der Waals surface area (Å²) in [6.07, 6.45) is -4.45. The molecule has 2 aromatic rings. The molecule has 0 spiro atoms. The fourth-order valence-corrected chi connectivity index (χ4v) is 2.13. The quantitative estimate of drug-likeness (QED) is 0.809. The molecular weight excluding hydrogens is 302 g/mol. The second-order valence-electron chi connectivity index (χ2n) is 3.62. The third-order valence-corrected chi connectivity index (χ3v) is 2.86. The lowest BCUT2D eigenvalue weighted by Gasteiger charge is -2.10. The van der Waals surface area contributed by atoms with E-state index in [1.54, 1.807) is 0 Å². The Morgan fingerprint density at radius 2 is 1.63 bits per heavy atom. The smallest absolute Gasteiger partial charge is 0.368 e. The van der Waals surface area contributed by atoms with Gasteiger partial charge in [0, 0.05) is 0 Å². The Morgan fingerprint density at radius 1 is 1.05 bits per heavy atom. The molecule has 1 aromatic carbocycles. The highest BCUT2D eigenvalue weighted by Crippen LogP contribution is 2.36. The number of nitrogens with two attached hydrogens (primary N) is 1. The van der Waals surface area contributed by atoms with Gasteiger partial charge in [0.25, 0.3) is 0 Å². The number of benzene rings is 1. The summed E-state index contributed by atoms with van der Waals surface area (Å²) >= 11 is 11.7. The maximum Gasteiger partial charge on any atom is 0.416 e. The van der Waals surface area contributed by atoms with Crippen LogP contribution in [0.25, 0.3) is 11.1 Å². The van der Waals surface area contributed by atoms with E-state index in [0.717, 1.165) is 12.1 Å². The van der Waals surface area contributed by atoms with Gasteiger partial charge in [-0.15, -0.1) is 0 Å². The van der Waals surface area contributed by atoms with Gasteiger partial charge >= 0.3 is 6.18 Å². The van der Waals surface area contributed by atoms with Crippen molar-refractivity contribution in [3.05, 3.63) is 40.1 Å². The van der Waals surface area contributed by atoms with Crippen molar-refractivity contribution in [3.8, 4) is 11.1 Å². The number of rotatable bonds is 1. The summed E-state index contributed by atoms with van der Waals surface area (Å²) in [5.41, 5.74) is 4.81. The molecule has 0 unspecified atom stereocenters. The zero-order valence-electron chi connectivity index (χ0n) is 9.17. The van der Waals surface area contributed by atoms with E-state index in [1.165, 1.54) is 12.1 Å². The Bertz CT molecular complexity index is 606. The van der Waals surface area contributed by atoms with E-state index >= 15 is 0 Å². The Morgan fingerprint density at radius 3 is 2.16 bits per heavy atom. The molecule has 0 atom stereocenters. The zero-order valence-corrected chi connectivity index (χ0v) is 10.7. The molecule has 3 nitrogen and oxygen atoms in total. The van der Waals surface area contributed by atoms with Crippen molar-refractivity contribution < 1.29 is 13.2 Å². The lowest BCUT2D eigenvalue weighted by atomic mass is 10.1. The maximum absolute atomic E-state index is 12.6. The van der Waals surface area contributed by atoms with Crippen LogP contribution in [0.3, 0.4) is 0 Å². The first-order valence-electron chi connectivity index (χ1n) is 4.95. The summed E-state index contributed by atoms with van der Waals surface area (Å²) in [5, 5.41) is -0.200. The van der Waals surface area contributed by atoms with Crippen molar-refractivity contribution in [2.24, 2.45) is 0 Å². The second-order valence-corrected chi connectivity index (χ2v) is 4.33. The number of hydrogen-bond donors (Lipinski definition) is 1. The number of nitrogens with zero attached hydrogens (tertiary/aromatic N) is 2. The van der Waals surface area contributed by atoms with E-state index in [1.807, 2.05) is 0 Å². The molecule has 0 saturated carbocycles. The average Bonchev–Trinajstić information content (AvgIpc) is 2.26. The average molecular weight is 308 g/mol. The van der Waals surface area contributed by atoms with Gasteiger partial charge in [0.1, 0.15) is 10.3 Å². The van der Waals surface area contributed by atoms with Gasteiger partial charge in [-0.25, -0.2) is 9.97 Å². The molecule has 0 bridgehead atoms. The number of alkyl halides is 3. The van der Waals surface area contributed by atoms with Crippen LogP contribution in [-0.4, -0.2) is 9.97 Å². The van der Waals surface area contributed by atoms with Gasteiger partial charge < -0.3 is 5.73 Å². The molecule has 2 N–H and O–H groups in total. The maximum atomic E-state index is 12.6. The van der Waals surface area contributed by atoms with Crippen molar-refractivity contribution in [1.82, 2.24) is 9.97 Å². The zero-order chi connectivity index (χ0) is 14.2. The van der Waals surface area contributed by atoms with Gasteiger partial charge in [0.05, 0.1) is 11.1 Å². The van der Waals surface area contributed by atoms with Crippen LogP contribution in [0.5, 0.6) is 0 Å². The summed E-state index contributed by atoms with van der Waals surface area (Å²) in [6.45, 7) is 0. The molecule has 0 radical (unpaired) electrons. The van der Waals surface area contributed by atoms with Crippen LogP contribution in [0.4, 0.5) is 19.1 Å². The van der Waals surface area contributed by atoms with E-state index in [4.69, 9.17) is 28.9 Å². The van der Waals surface area contributed by atoms with E-state index in [-0.39, 0.29) is 27.4 Å². The number of halogens is 5. The molecule has 2 rings (SSSR count). The largest absolute Gasteiger partial charge is 0.416 e. The summed E-state index contributed by atoms with van der Waals surface area (Å²) < 4.78 is 37.9. The van der Waals surface area contributed by atoms with Crippen molar-refractivity contribution in [2.75, 3.05) is 5.73 Å². The van der Waals surface area contributed by atoms with Gasteiger partial charge in [-0.1, -0.05) is 35.3 Å². The molecule has 0 aliphatic carbocycles. The molecule has 1 heterocycles. The first-order chi connectivity index (χ1) is 8.79. The van der Waals surface area contributed by atoms with Crippen LogP contribution in [0.2, 0.25) is 10.3 Å². The number of aromatic nitrogens is 2. The van der Waals surface area contributed by atoms with Gasteiger partial charge in [-0.2, -0.15) is 13.2 Å². The van der Waals surface area contributed by atoms with Crippen molar-refractivity contribution in [2.45, 2.75) is 6.18 Å². The molecule has 0 aliphatic rings. The summed E-state index contributed by atoms with van der Waals surface area (Å²) in [7, 11) is 0. The highest BCUT2D eigenvalue weighted by atomic mass is 35.5. The molecule has 19 heavy (non-hydrogen) atoms. The highest BCUT2D eigenvalue weighted by molar-refractivity contribution is 6.37. The highest BCUT2D eigenvalue weighted by Gasteiger charge is 2.30. The van der Waals surface area contributed by atoms with E-state index in [9.17, 15) is 13.2 Å². The molecule has 0 saturated heterocycles. The Labute approximate surface area is 116 Å². The minimum Gasteiger partial charge on any atom is -0.368 e. The predicted molar refractivity (Wildman–Crippen MR) is 66.9 cm³/mol.